The number of carbonyl (C=O) groups excluding carboxylic acids is 1. The topological polar surface area (TPSA) is 66.8 Å². The van der Waals surface area contributed by atoms with Crippen LogP contribution in [-0.2, 0) is 9.53 Å². The zero-order chi connectivity index (χ0) is 17.4. The molecule has 1 fully saturated rings. The first-order valence-corrected chi connectivity index (χ1v) is 9.50. The van der Waals surface area contributed by atoms with Crippen LogP contribution in [0, 0.1) is 11.8 Å². The number of hydrogen-bond acceptors (Lipinski definition) is 4. The molecule has 2 rings (SSSR count). The second-order valence-corrected chi connectivity index (χ2v) is 7.13. The Morgan fingerprint density at radius 3 is 2.92 bits per heavy atom. The molecule has 2 N–H and O–H groups in total. The fourth-order valence-electron chi connectivity index (χ4n) is 3.39. The predicted molar refractivity (Wildman–Crippen MR) is 94.4 cm³/mol. The summed E-state index contributed by atoms with van der Waals surface area (Å²) >= 11 is 0. The Kier molecular flexibility index (Phi) is 8.00. The third-order valence-electron chi connectivity index (χ3n) is 5.01. The van der Waals surface area contributed by atoms with E-state index in [2.05, 4.69) is 19.1 Å². The quantitative estimate of drug-likeness (QED) is 0.404. The monoisotopic (exact) mass is 336 g/mol. The smallest absolute Gasteiger partial charge is 0.306 e. The number of cyclic esters (lactones) is 1. The molecule has 24 heavy (non-hydrogen) atoms. The summed E-state index contributed by atoms with van der Waals surface area (Å²) in [6.45, 7) is 2.14. The maximum atomic E-state index is 11.8. The number of aliphatic hydroxyl groups excluding tert-OH is 2. The molecule has 0 amide bonds. The van der Waals surface area contributed by atoms with Gasteiger partial charge in [0.2, 0.25) is 0 Å². The second kappa shape index (κ2) is 10.00. The van der Waals surface area contributed by atoms with Crippen LogP contribution in [0.15, 0.2) is 24.3 Å². The van der Waals surface area contributed by atoms with Gasteiger partial charge < -0.3 is 14.9 Å². The van der Waals surface area contributed by atoms with E-state index in [4.69, 9.17) is 4.74 Å². The van der Waals surface area contributed by atoms with Crippen molar-refractivity contribution in [3.05, 3.63) is 24.3 Å². The van der Waals surface area contributed by atoms with Crippen LogP contribution < -0.4 is 0 Å². The van der Waals surface area contributed by atoms with Crippen LogP contribution >= 0.6 is 0 Å². The summed E-state index contributed by atoms with van der Waals surface area (Å²) in [5, 5.41) is 20.2. The highest BCUT2D eigenvalue weighted by atomic mass is 16.5. The summed E-state index contributed by atoms with van der Waals surface area (Å²) < 4.78 is 5.59. The van der Waals surface area contributed by atoms with Gasteiger partial charge in [-0.3, -0.25) is 4.79 Å². The molecule has 0 spiro atoms. The van der Waals surface area contributed by atoms with Crippen molar-refractivity contribution in [2.45, 2.75) is 83.0 Å². The molecule has 4 nitrogen and oxygen atoms in total. The molecule has 4 heteroatoms. The van der Waals surface area contributed by atoms with Crippen LogP contribution in [-0.4, -0.2) is 34.5 Å². The number of esters is 1. The molecule has 0 bridgehead atoms. The molecule has 1 saturated carbocycles. The molecule has 5 atom stereocenters. The average molecular weight is 336 g/mol. The van der Waals surface area contributed by atoms with Gasteiger partial charge in [0.1, 0.15) is 6.10 Å². The van der Waals surface area contributed by atoms with E-state index in [0.29, 0.717) is 6.42 Å². The highest BCUT2D eigenvalue weighted by Crippen LogP contribution is 2.46. The lowest BCUT2D eigenvalue weighted by molar-refractivity contribution is -0.150. The minimum absolute atomic E-state index is 0.116. The Labute approximate surface area is 145 Å². The maximum Gasteiger partial charge on any atom is 0.306 e. The molecule has 1 aliphatic heterocycles. The summed E-state index contributed by atoms with van der Waals surface area (Å²) in [6, 6.07) is 0. The van der Waals surface area contributed by atoms with Crippen LogP contribution in [0.1, 0.15) is 64.7 Å². The van der Waals surface area contributed by atoms with E-state index in [9.17, 15) is 15.0 Å². The lowest BCUT2D eigenvalue weighted by Gasteiger charge is -2.17. The van der Waals surface area contributed by atoms with Gasteiger partial charge >= 0.3 is 5.97 Å². The van der Waals surface area contributed by atoms with Gasteiger partial charge in [-0.1, -0.05) is 50.5 Å². The molecule has 0 radical (unpaired) electrons. The fourth-order valence-corrected chi connectivity index (χ4v) is 3.39. The van der Waals surface area contributed by atoms with Crippen molar-refractivity contribution in [2.75, 3.05) is 0 Å². The lowest BCUT2D eigenvalue weighted by Crippen LogP contribution is -2.22. The second-order valence-electron chi connectivity index (χ2n) is 7.13. The Hall–Kier alpha value is -1.13. The van der Waals surface area contributed by atoms with Crippen LogP contribution in [0.3, 0.4) is 0 Å². The zero-order valence-corrected chi connectivity index (χ0v) is 14.8. The van der Waals surface area contributed by atoms with Gasteiger partial charge in [0, 0.05) is 18.8 Å². The van der Waals surface area contributed by atoms with Crippen molar-refractivity contribution in [3.63, 3.8) is 0 Å². The van der Waals surface area contributed by atoms with Crippen molar-refractivity contribution in [1.82, 2.24) is 0 Å². The van der Waals surface area contributed by atoms with Crippen LogP contribution in [0.4, 0.5) is 0 Å². The molecule has 0 aromatic heterocycles. The molecule has 2 aliphatic rings. The van der Waals surface area contributed by atoms with Gasteiger partial charge in [-0.05, 0) is 31.6 Å². The first kappa shape index (κ1) is 19.2. The van der Waals surface area contributed by atoms with Crippen molar-refractivity contribution >= 4 is 5.97 Å². The van der Waals surface area contributed by atoms with E-state index in [0.717, 1.165) is 51.4 Å². The first-order chi connectivity index (χ1) is 11.6. The average Bonchev–Trinajstić information content (AvgIpc) is 3.34. The van der Waals surface area contributed by atoms with Crippen LogP contribution in [0.25, 0.3) is 0 Å². The number of aliphatic hydroxyl groups is 2. The van der Waals surface area contributed by atoms with Crippen LogP contribution in [0.5, 0.6) is 0 Å². The van der Waals surface area contributed by atoms with E-state index in [1.54, 1.807) is 12.2 Å². The third-order valence-corrected chi connectivity index (χ3v) is 5.01. The Balaban J connectivity index is 1.78. The lowest BCUT2D eigenvalue weighted by atomic mass is 10.1. The molecular weight excluding hydrogens is 304 g/mol. The van der Waals surface area contributed by atoms with Gasteiger partial charge in [0.15, 0.2) is 0 Å². The maximum absolute atomic E-state index is 11.8. The number of unbranched alkanes of at least 4 members (excludes halogenated alkanes) is 2. The molecule has 0 saturated heterocycles. The molecule has 1 aliphatic carbocycles. The number of carbonyl (C=O) groups is 1. The highest BCUT2D eigenvalue weighted by Gasteiger charge is 2.47. The number of hydrogen-bond donors (Lipinski definition) is 2. The van der Waals surface area contributed by atoms with Gasteiger partial charge in [-0.2, -0.15) is 0 Å². The zero-order valence-electron chi connectivity index (χ0n) is 14.8. The fraction of sp³-hybridized carbons (Fsp3) is 0.750. The third kappa shape index (κ3) is 6.40. The minimum atomic E-state index is -0.564. The largest absolute Gasteiger partial charge is 0.462 e. The first-order valence-electron chi connectivity index (χ1n) is 9.50. The van der Waals surface area contributed by atoms with Gasteiger partial charge in [0.25, 0.3) is 0 Å². The SMILES string of the molecule is CCCCC[C@@H](O)/C=C/[C@H](O)[C@H]1C[C@@H]1[C@@H]1C/C=C\CCCC(=O)O1. The Morgan fingerprint density at radius 2 is 2.12 bits per heavy atom. The van der Waals surface area contributed by atoms with Gasteiger partial charge in [-0.15, -0.1) is 0 Å². The van der Waals surface area contributed by atoms with E-state index >= 15 is 0 Å². The van der Waals surface area contributed by atoms with Crippen molar-refractivity contribution in [3.8, 4) is 0 Å². The Bertz CT molecular complexity index is 443. The predicted octanol–water partition coefficient (Wildman–Crippen LogP) is 3.52. The summed E-state index contributed by atoms with van der Waals surface area (Å²) in [5.41, 5.74) is 0. The van der Waals surface area contributed by atoms with Crippen molar-refractivity contribution in [2.24, 2.45) is 11.8 Å². The summed E-state index contributed by atoms with van der Waals surface area (Å²) in [5.74, 6) is 0.246. The van der Waals surface area contributed by atoms with E-state index in [1.165, 1.54) is 0 Å². The van der Waals surface area contributed by atoms with Crippen molar-refractivity contribution < 1.29 is 19.7 Å². The van der Waals surface area contributed by atoms with Crippen LogP contribution in [0.2, 0.25) is 0 Å². The number of ether oxygens (including phenoxy) is 1. The van der Waals surface area contributed by atoms with Gasteiger partial charge in [-0.25, -0.2) is 0 Å². The molecular formula is C20H32O4. The van der Waals surface area contributed by atoms with E-state index < -0.39 is 12.2 Å². The standard InChI is InChI=1S/C20H32O4/c1-2-3-6-9-15(21)12-13-18(22)16-14-17(16)19-10-7-4-5-8-11-20(23)24-19/h4,7,12-13,15-19,21-22H,2-3,5-6,8-11,14H2,1H3/b7-4-,13-12+/t15-,16+,17+,18+,19+/m1/s1. The molecule has 0 aromatic carbocycles. The molecule has 1 heterocycles. The van der Waals surface area contributed by atoms with E-state index in [-0.39, 0.29) is 23.9 Å². The molecule has 136 valence electrons. The minimum Gasteiger partial charge on any atom is -0.462 e. The van der Waals surface area contributed by atoms with E-state index in [1.807, 2.05) is 0 Å². The van der Waals surface area contributed by atoms with Gasteiger partial charge in [0.05, 0.1) is 12.2 Å². The Morgan fingerprint density at radius 1 is 1.29 bits per heavy atom. The summed E-state index contributed by atoms with van der Waals surface area (Å²) in [7, 11) is 0. The normalized spacial score (nSPS) is 31.6. The summed E-state index contributed by atoms with van der Waals surface area (Å²) in [6.07, 6.45) is 14.4. The summed E-state index contributed by atoms with van der Waals surface area (Å²) in [4.78, 5) is 11.8. The molecule has 0 aromatic rings. The number of allylic oxidation sites excluding steroid dienone is 1. The van der Waals surface area contributed by atoms with Crippen molar-refractivity contribution in [1.29, 1.82) is 0 Å². The highest BCUT2D eigenvalue weighted by molar-refractivity contribution is 5.69. The molecule has 0 unspecified atom stereocenters. The number of rotatable bonds is 8.